The zero-order valence-corrected chi connectivity index (χ0v) is 9.56. The summed E-state index contributed by atoms with van der Waals surface area (Å²) in [5.74, 6) is 0.0718. The number of carbonyl (C=O) groups is 2. The van der Waals surface area contributed by atoms with Crippen LogP contribution >= 0.6 is 0 Å². The van der Waals surface area contributed by atoms with Crippen LogP contribution in [-0.2, 0) is 9.59 Å². The summed E-state index contributed by atoms with van der Waals surface area (Å²) in [4.78, 5) is 26.6. The molecule has 16 heavy (non-hydrogen) atoms. The molecule has 2 aliphatic heterocycles. The van der Waals surface area contributed by atoms with Crippen molar-refractivity contribution in [1.29, 1.82) is 0 Å². The molecule has 0 aromatic rings. The van der Waals surface area contributed by atoms with E-state index in [9.17, 15) is 9.59 Å². The molecule has 0 aromatic carbocycles. The Bertz CT molecular complexity index is 300. The highest BCUT2D eigenvalue weighted by molar-refractivity contribution is 5.81. The average Bonchev–Trinajstić information content (AvgIpc) is 2.24. The van der Waals surface area contributed by atoms with Crippen molar-refractivity contribution in [1.82, 2.24) is 9.80 Å². The second kappa shape index (κ2) is 4.41. The molecular formula is C11H18N2O3. The first-order valence-electron chi connectivity index (χ1n) is 5.80. The van der Waals surface area contributed by atoms with Gasteiger partial charge in [0.05, 0.1) is 12.0 Å². The Hall–Kier alpha value is -1.10. The van der Waals surface area contributed by atoms with Gasteiger partial charge in [0.1, 0.15) is 0 Å². The Morgan fingerprint density at radius 2 is 1.88 bits per heavy atom. The first-order valence-corrected chi connectivity index (χ1v) is 5.80. The number of aliphatic hydroxyl groups is 1. The smallest absolute Gasteiger partial charge is 0.227 e. The van der Waals surface area contributed by atoms with Crippen LogP contribution < -0.4 is 0 Å². The standard InChI is InChI=1S/C11H18N2O3/c1-8(14)12-4-2-3-9(5-12)11(16)13-6-10(15)7-13/h9-10,15H,2-7H2,1H3. The second-order valence-corrected chi connectivity index (χ2v) is 4.70. The number of amides is 2. The Morgan fingerprint density at radius 1 is 1.19 bits per heavy atom. The van der Waals surface area contributed by atoms with Crippen molar-refractivity contribution in [3.8, 4) is 0 Å². The highest BCUT2D eigenvalue weighted by atomic mass is 16.3. The summed E-state index contributed by atoms with van der Waals surface area (Å²) in [6, 6.07) is 0. The third-order valence-electron chi connectivity index (χ3n) is 3.39. The Labute approximate surface area is 95.0 Å². The minimum atomic E-state index is -0.351. The van der Waals surface area contributed by atoms with Crippen LogP contribution in [0.3, 0.4) is 0 Å². The van der Waals surface area contributed by atoms with Gasteiger partial charge in [-0.15, -0.1) is 0 Å². The van der Waals surface area contributed by atoms with Gasteiger partial charge in [0.2, 0.25) is 11.8 Å². The van der Waals surface area contributed by atoms with E-state index in [1.165, 1.54) is 0 Å². The number of piperidine rings is 1. The molecule has 0 bridgehead atoms. The number of likely N-dealkylation sites (tertiary alicyclic amines) is 2. The van der Waals surface area contributed by atoms with Crippen molar-refractivity contribution < 1.29 is 14.7 Å². The Kier molecular flexibility index (Phi) is 3.14. The molecule has 1 N–H and O–H groups in total. The van der Waals surface area contributed by atoms with Crippen LogP contribution in [0.2, 0.25) is 0 Å². The minimum Gasteiger partial charge on any atom is -0.389 e. The Morgan fingerprint density at radius 3 is 2.44 bits per heavy atom. The topological polar surface area (TPSA) is 60.9 Å². The fourth-order valence-electron chi connectivity index (χ4n) is 2.36. The van der Waals surface area contributed by atoms with Crippen molar-refractivity contribution in [3.63, 3.8) is 0 Å². The van der Waals surface area contributed by atoms with Gasteiger partial charge < -0.3 is 14.9 Å². The predicted molar refractivity (Wildman–Crippen MR) is 57.6 cm³/mol. The molecule has 2 amide bonds. The van der Waals surface area contributed by atoms with Gasteiger partial charge in [0.15, 0.2) is 0 Å². The summed E-state index contributed by atoms with van der Waals surface area (Å²) < 4.78 is 0. The fourth-order valence-corrected chi connectivity index (χ4v) is 2.36. The Balaban J connectivity index is 1.89. The van der Waals surface area contributed by atoms with E-state index in [-0.39, 0.29) is 23.8 Å². The van der Waals surface area contributed by atoms with Crippen LogP contribution in [0.1, 0.15) is 19.8 Å². The van der Waals surface area contributed by atoms with Crippen LogP contribution in [-0.4, -0.2) is 59.0 Å². The molecule has 2 aliphatic rings. The number of β-amino-alcohol motifs (C(OH)–C–C–N with tert-alkyl or cyclic N) is 1. The SMILES string of the molecule is CC(=O)N1CCCC(C(=O)N2CC(O)C2)C1. The molecule has 0 saturated carbocycles. The maximum Gasteiger partial charge on any atom is 0.227 e. The zero-order valence-electron chi connectivity index (χ0n) is 9.56. The van der Waals surface area contributed by atoms with Gasteiger partial charge in [-0.05, 0) is 12.8 Å². The highest BCUT2D eigenvalue weighted by Gasteiger charge is 2.35. The number of hydrogen-bond donors (Lipinski definition) is 1. The van der Waals surface area contributed by atoms with Crippen LogP contribution in [0, 0.1) is 5.92 Å². The molecule has 5 heteroatoms. The lowest BCUT2D eigenvalue weighted by atomic mass is 9.95. The van der Waals surface area contributed by atoms with Gasteiger partial charge in [-0.1, -0.05) is 0 Å². The molecule has 2 fully saturated rings. The summed E-state index contributed by atoms with van der Waals surface area (Å²) in [6.07, 6.45) is 1.40. The number of rotatable bonds is 1. The van der Waals surface area contributed by atoms with Crippen LogP contribution in [0.15, 0.2) is 0 Å². The molecule has 0 spiro atoms. The van der Waals surface area contributed by atoms with Crippen LogP contribution in [0.5, 0.6) is 0 Å². The van der Waals surface area contributed by atoms with Crippen LogP contribution in [0.4, 0.5) is 0 Å². The molecule has 0 aromatic heterocycles. The third kappa shape index (κ3) is 2.19. The summed E-state index contributed by atoms with van der Waals surface area (Å²) in [6.45, 7) is 3.76. The summed E-state index contributed by atoms with van der Waals surface area (Å²) >= 11 is 0. The first-order chi connectivity index (χ1) is 7.58. The lowest BCUT2D eigenvalue weighted by molar-refractivity contribution is -0.148. The van der Waals surface area contributed by atoms with Gasteiger partial charge in [-0.2, -0.15) is 0 Å². The normalized spacial score (nSPS) is 26.5. The van der Waals surface area contributed by atoms with Crippen molar-refractivity contribution in [2.45, 2.75) is 25.9 Å². The van der Waals surface area contributed by atoms with Gasteiger partial charge >= 0.3 is 0 Å². The maximum atomic E-state index is 12.0. The van der Waals surface area contributed by atoms with E-state index in [1.54, 1.807) is 16.7 Å². The van der Waals surface area contributed by atoms with Crippen LogP contribution in [0.25, 0.3) is 0 Å². The number of carbonyl (C=O) groups excluding carboxylic acids is 2. The monoisotopic (exact) mass is 226 g/mol. The first kappa shape index (κ1) is 11.4. The van der Waals surface area contributed by atoms with Gasteiger partial charge in [0.25, 0.3) is 0 Å². The lowest BCUT2D eigenvalue weighted by Crippen LogP contribution is -2.57. The molecular weight excluding hydrogens is 208 g/mol. The number of aliphatic hydroxyl groups excluding tert-OH is 1. The van der Waals surface area contributed by atoms with Gasteiger partial charge in [-0.3, -0.25) is 9.59 Å². The second-order valence-electron chi connectivity index (χ2n) is 4.70. The fraction of sp³-hybridized carbons (Fsp3) is 0.818. The molecule has 1 atom stereocenters. The van der Waals surface area contributed by atoms with Crippen molar-refractivity contribution in [2.75, 3.05) is 26.2 Å². The van der Waals surface area contributed by atoms with Crippen molar-refractivity contribution >= 4 is 11.8 Å². The molecule has 5 nitrogen and oxygen atoms in total. The molecule has 0 aliphatic carbocycles. The number of nitrogens with zero attached hydrogens (tertiary/aromatic N) is 2. The molecule has 2 heterocycles. The highest BCUT2D eigenvalue weighted by Crippen LogP contribution is 2.21. The quantitative estimate of drug-likeness (QED) is 0.652. The van der Waals surface area contributed by atoms with E-state index in [1.807, 2.05) is 0 Å². The van der Waals surface area contributed by atoms with Gasteiger partial charge in [-0.25, -0.2) is 0 Å². The average molecular weight is 226 g/mol. The largest absolute Gasteiger partial charge is 0.389 e. The van der Waals surface area contributed by atoms with E-state index >= 15 is 0 Å². The summed E-state index contributed by atoms with van der Waals surface area (Å²) in [5.41, 5.74) is 0. The zero-order chi connectivity index (χ0) is 11.7. The van der Waals surface area contributed by atoms with E-state index in [2.05, 4.69) is 0 Å². The van der Waals surface area contributed by atoms with E-state index < -0.39 is 0 Å². The lowest BCUT2D eigenvalue weighted by Gasteiger charge is -2.40. The minimum absolute atomic E-state index is 0.0427. The summed E-state index contributed by atoms with van der Waals surface area (Å²) in [5, 5.41) is 9.15. The molecule has 1 unspecified atom stereocenters. The third-order valence-corrected chi connectivity index (χ3v) is 3.39. The van der Waals surface area contributed by atoms with E-state index in [0.29, 0.717) is 19.6 Å². The van der Waals surface area contributed by atoms with E-state index in [0.717, 1.165) is 19.4 Å². The molecule has 90 valence electrons. The summed E-state index contributed by atoms with van der Waals surface area (Å²) in [7, 11) is 0. The van der Waals surface area contributed by atoms with Crippen molar-refractivity contribution in [2.24, 2.45) is 5.92 Å². The predicted octanol–water partition coefficient (Wildman–Crippen LogP) is -0.552. The van der Waals surface area contributed by atoms with Gasteiger partial charge in [0, 0.05) is 33.1 Å². The molecule has 2 rings (SSSR count). The maximum absolute atomic E-state index is 12.0. The number of hydrogen-bond acceptors (Lipinski definition) is 3. The molecule has 0 radical (unpaired) electrons. The van der Waals surface area contributed by atoms with E-state index in [4.69, 9.17) is 5.11 Å². The molecule has 2 saturated heterocycles. The van der Waals surface area contributed by atoms with Crippen molar-refractivity contribution in [3.05, 3.63) is 0 Å².